The van der Waals surface area contributed by atoms with Crippen LogP contribution in [0.25, 0.3) is 22.2 Å². The topological polar surface area (TPSA) is 36.0 Å². The maximum absolute atomic E-state index is 10.1. The van der Waals surface area contributed by atoms with E-state index >= 15 is 0 Å². The minimum atomic E-state index is 0.275. The third-order valence-corrected chi connectivity index (χ3v) is 4.08. The smallest absolute Gasteiger partial charge is 0.126 e. The highest BCUT2D eigenvalue weighted by Crippen LogP contribution is 2.36. The molecule has 0 bridgehead atoms. The standard InChI is InChI=1S/C15H11Br2NO/c1-8-4-11(17)7-14(19)15(8)13-6-9-5-10(16)2-3-12(9)18-13/h2-7,18-19H,1H3. The van der Waals surface area contributed by atoms with Gasteiger partial charge >= 0.3 is 0 Å². The molecular weight excluding hydrogens is 370 g/mol. The molecule has 0 aliphatic heterocycles. The first kappa shape index (κ1) is 12.8. The number of benzene rings is 2. The van der Waals surface area contributed by atoms with E-state index in [9.17, 15) is 5.11 Å². The quantitative estimate of drug-likeness (QED) is 0.584. The van der Waals surface area contributed by atoms with Crippen molar-refractivity contribution in [1.29, 1.82) is 0 Å². The highest BCUT2D eigenvalue weighted by molar-refractivity contribution is 9.10. The van der Waals surface area contributed by atoms with Gasteiger partial charge in [-0.15, -0.1) is 0 Å². The summed E-state index contributed by atoms with van der Waals surface area (Å²) in [5.41, 5.74) is 3.85. The summed E-state index contributed by atoms with van der Waals surface area (Å²) in [5.74, 6) is 0.275. The van der Waals surface area contributed by atoms with Gasteiger partial charge in [0.25, 0.3) is 0 Å². The van der Waals surface area contributed by atoms with Crippen LogP contribution in [0.15, 0.2) is 45.3 Å². The van der Waals surface area contributed by atoms with Gasteiger partial charge in [0.05, 0.1) is 5.69 Å². The van der Waals surface area contributed by atoms with Gasteiger partial charge in [0.1, 0.15) is 5.75 Å². The number of H-pyrrole nitrogens is 1. The summed E-state index contributed by atoms with van der Waals surface area (Å²) in [6.07, 6.45) is 0. The summed E-state index contributed by atoms with van der Waals surface area (Å²) < 4.78 is 1.92. The number of fused-ring (bicyclic) bond motifs is 1. The Morgan fingerprint density at radius 3 is 2.53 bits per heavy atom. The summed E-state index contributed by atoms with van der Waals surface area (Å²) in [6, 6.07) is 11.8. The lowest BCUT2D eigenvalue weighted by atomic mass is 10.0. The van der Waals surface area contributed by atoms with Gasteiger partial charge in [-0.3, -0.25) is 0 Å². The lowest BCUT2D eigenvalue weighted by Gasteiger charge is -2.07. The van der Waals surface area contributed by atoms with E-state index in [1.807, 2.05) is 25.1 Å². The summed E-state index contributed by atoms with van der Waals surface area (Å²) in [5, 5.41) is 11.3. The summed E-state index contributed by atoms with van der Waals surface area (Å²) in [7, 11) is 0. The van der Waals surface area contributed by atoms with Gasteiger partial charge in [0, 0.05) is 25.4 Å². The van der Waals surface area contributed by atoms with E-state index in [2.05, 4.69) is 49.0 Å². The molecule has 96 valence electrons. The van der Waals surface area contributed by atoms with Gasteiger partial charge in [-0.2, -0.15) is 0 Å². The largest absolute Gasteiger partial charge is 0.507 e. The Morgan fingerprint density at radius 2 is 1.79 bits per heavy atom. The number of aromatic hydroxyl groups is 1. The molecule has 1 aromatic heterocycles. The van der Waals surface area contributed by atoms with Crippen LogP contribution in [0, 0.1) is 6.92 Å². The molecule has 0 saturated carbocycles. The van der Waals surface area contributed by atoms with Crippen LogP contribution >= 0.6 is 31.9 Å². The Labute approximate surface area is 127 Å². The lowest BCUT2D eigenvalue weighted by molar-refractivity contribution is 0.476. The predicted molar refractivity (Wildman–Crippen MR) is 85.5 cm³/mol. The molecule has 3 rings (SSSR count). The van der Waals surface area contributed by atoms with Crippen molar-refractivity contribution in [3.8, 4) is 17.0 Å². The molecule has 0 aliphatic rings. The van der Waals surface area contributed by atoms with Crippen LogP contribution in [0.2, 0.25) is 0 Å². The van der Waals surface area contributed by atoms with Crippen LogP contribution in [0.4, 0.5) is 0 Å². The van der Waals surface area contributed by atoms with E-state index in [0.717, 1.165) is 36.7 Å². The normalized spacial score (nSPS) is 11.1. The zero-order chi connectivity index (χ0) is 13.6. The van der Waals surface area contributed by atoms with E-state index in [-0.39, 0.29) is 5.75 Å². The van der Waals surface area contributed by atoms with Crippen molar-refractivity contribution in [2.45, 2.75) is 6.92 Å². The molecule has 0 atom stereocenters. The first-order valence-corrected chi connectivity index (χ1v) is 7.41. The highest BCUT2D eigenvalue weighted by atomic mass is 79.9. The number of phenolic OH excluding ortho intramolecular Hbond substituents is 1. The van der Waals surface area contributed by atoms with E-state index in [1.54, 1.807) is 6.07 Å². The van der Waals surface area contributed by atoms with Crippen LogP contribution in [-0.2, 0) is 0 Å². The molecule has 4 heteroatoms. The fourth-order valence-electron chi connectivity index (χ4n) is 2.31. The molecule has 0 radical (unpaired) electrons. The van der Waals surface area contributed by atoms with E-state index < -0.39 is 0 Å². The zero-order valence-electron chi connectivity index (χ0n) is 10.2. The van der Waals surface area contributed by atoms with Crippen molar-refractivity contribution in [2.75, 3.05) is 0 Å². The third-order valence-electron chi connectivity index (χ3n) is 3.13. The van der Waals surface area contributed by atoms with Gasteiger partial charge in [0.2, 0.25) is 0 Å². The van der Waals surface area contributed by atoms with Crippen molar-refractivity contribution in [3.05, 3.63) is 50.9 Å². The van der Waals surface area contributed by atoms with Crippen molar-refractivity contribution in [3.63, 3.8) is 0 Å². The van der Waals surface area contributed by atoms with Crippen molar-refractivity contribution in [1.82, 2.24) is 4.98 Å². The van der Waals surface area contributed by atoms with E-state index in [1.165, 1.54) is 0 Å². The Hall–Kier alpha value is -1.26. The minimum Gasteiger partial charge on any atom is -0.507 e. The number of rotatable bonds is 1. The maximum Gasteiger partial charge on any atom is 0.126 e. The molecule has 0 amide bonds. The molecule has 2 N–H and O–H groups in total. The van der Waals surface area contributed by atoms with Crippen molar-refractivity contribution >= 4 is 42.8 Å². The number of phenols is 1. The zero-order valence-corrected chi connectivity index (χ0v) is 13.3. The molecule has 0 aliphatic carbocycles. The number of hydrogen-bond donors (Lipinski definition) is 2. The number of aryl methyl sites for hydroxylation is 1. The minimum absolute atomic E-state index is 0.275. The van der Waals surface area contributed by atoms with E-state index in [0.29, 0.717) is 0 Å². The molecule has 3 aromatic rings. The van der Waals surface area contributed by atoms with Gasteiger partial charge in [-0.25, -0.2) is 0 Å². The molecule has 0 fully saturated rings. The first-order chi connectivity index (χ1) is 9.04. The van der Waals surface area contributed by atoms with Crippen LogP contribution < -0.4 is 0 Å². The van der Waals surface area contributed by atoms with Gasteiger partial charge < -0.3 is 10.1 Å². The number of nitrogens with one attached hydrogen (secondary N) is 1. The second-order valence-electron chi connectivity index (χ2n) is 4.53. The lowest BCUT2D eigenvalue weighted by Crippen LogP contribution is -1.85. The Kier molecular flexibility index (Phi) is 3.15. The van der Waals surface area contributed by atoms with Crippen LogP contribution in [0.5, 0.6) is 5.75 Å². The van der Waals surface area contributed by atoms with Crippen molar-refractivity contribution < 1.29 is 5.11 Å². The van der Waals surface area contributed by atoms with Crippen LogP contribution in [-0.4, -0.2) is 10.1 Å². The molecule has 19 heavy (non-hydrogen) atoms. The monoisotopic (exact) mass is 379 g/mol. The molecule has 0 spiro atoms. The fourth-order valence-corrected chi connectivity index (χ4v) is 3.25. The van der Waals surface area contributed by atoms with Gasteiger partial charge in [-0.05, 0) is 48.9 Å². The summed E-state index contributed by atoms with van der Waals surface area (Å²) in [6.45, 7) is 1.99. The summed E-state index contributed by atoms with van der Waals surface area (Å²) >= 11 is 6.85. The first-order valence-electron chi connectivity index (χ1n) is 5.82. The maximum atomic E-state index is 10.1. The van der Waals surface area contributed by atoms with Gasteiger partial charge in [-0.1, -0.05) is 31.9 Å². The van der Waals surface area contributed by atoms with Crippen molar-refractivity contribution in [2.24, 2.45) is 0 Å². The number of aromatic nitrogens is 1. The van der Waals surface area contributed by atoms with Crippen LogP contribution in [0.1, 0.15) is 5.56 Å². The number of aromatic amines is 1. The van der Waals surface area contributed by atoms with E-state index in [4.69, 9.17) is 0 Å². The fraction of sp³-hybridized carbons (Fsp3) is 0.0667. The molecule has 1 heterocycles. The predicted octanol–water partition coefficient (Wildman–Crippen LogP) is 5.37. The number of hydrogen-bond acceptors (Lipinski definition) is 1. The summed E-state index contributed by atoms with van der Waals surface area (Å²) in [4.78, 5) is 3.34. The second kappa shape index (κ2) is 4.69. The SMILES string of the molecule is Cc1cc(Br)cc(O)c1-c1cc2cc(Br)ccc2[nH]1. The third kappa shape index (κ3) is 2.30. The second-order valence-corrected chi connectivity index (χ2v) is 6.36. The average Bonchev–Trinajstić information content (AvgIpc) is 2.69. The number of halogens is 2. The molecule has 0 unspecified atom stereocenters. The highest BCUT2D eigenvalue weighted by Gasteiger charge is 2.12. The molecule has 2 nitrogen and oxygen atoms in total. The van der Waals surface area contributed by atoms with Gasteiger partial charge in [0.15, 0.2) is 0 Å². The van der Waals surface area contributed by atoms with Crippen LogP contribution in [0.3, 0.4) is 0 Å². The molecule has 0 saturated heterocycles. The Balaban J connectivity index is 2.24. The molecule has 2 aromatic carbocycles. The Bertz CT molecular complexity index is 754. The average molecular weight is 381 g/mol. The Morgan fingerprint density at radius 1 is 1.00 bits per heavy atom. The molecular formula is C15H11Br2NO.